The van der Waals surface area contributed by atoms with Gasteiger partial charge in [-0.15, -0.1) is 0 Å². The maximum absolute atomic E-state index is 4.84. The molecule has 0 bridgehead atoms. The van der Waals surface area contributed by atoms with Gasteiger partial charge in [0.15, 0.2) is 0 Å². The Bertz CT molecular complexity index is 318. The summed E-state index contributed by atoms with van der Waals surface area (Å²) in [5.74, 6) is 0. The van der Waals surface area contributed by atoms with Gasteiger partial charge in [-0.25, -0.2) is 0 Å². The third-order valence-electron chi connectivity index (χ3n) is 1.78. The lowest BCUT2D eigenvalue weighted by molar-refractivity contribution is 0.271. The second-order valence-electron chi connectivity index (χ2n) is 2.52. The Hall–Kier alpha value is -1.54. The fraction of sp³-hybridized carbons (Fsp3) is 0.0909. The molecule has 0 saturated heterocycles. The smallest absolute Gasteiger partial charge is 0.0682 e. The molecule has 13 heavy (non-hydrogen) atoms. The van der Waals surface area contributed by atoms with Gasteiger partial charge in [0.25, 0.3) is 0 Å². The highest BCUT2D eigenvalue weighted by molar-refractivity contribution is 5.74. The van der Waals surface area contributed by atoms with Crippen LogP contribution in [0.2, 0.25) is 0 Å². The molecule has 0 heterocycles. The van der Waals surface area contributed by atoms with Crippen molar-refractivity contribution < 1.29 is 4.84 Å². The van der Waals surface area contributed by atoms with E-state index in [1.807, 2.05) is 18.2 Å². The van der Waals surface area contributed by atoms with Crippen LogP contribution in [0.5, 0.6) is 0 Å². The van der Waals surface area contributed by atoms with Crippen LogP contribution in [0.1, 0.15) is 11.1 Å². The largest absolute Gasteiger partial charge is 0.279 e. The monoisotopic (exact) mass is 175 g/mol. The van der Waals surface area contributed by atoms with Crippen molar-refractivity contribution in [1.29, 1.82) is 0 Å². The van der Waals surface area contributed by atoms with Crippen molar-refractivity contribution >= 4 is 17.8 Å². The summed E-state index contributed by atoms with van der Waals surface area (Å²) >= 11 is 0. The number of anilines is 1. The van der Waals surface area contributed by atoms with E-state index >= 15 is 0 Å². The highest BCUT2D eigenvalue weighted by Gasteiger charge is 2.01. The quantitative estimate of drug-likeness (QED) is 0.710. The van der Waals surface area contributed by atoms with Gasteiger partial charge >= 0.3 is 0 Å². The standard InChI is InChI=1S/C11H13NO/c1-4-9-7-6-8-11(12-13-3)10(9)5-2/h4-8,12H,1-2H2,3H3. The van der Waals surface area contributed by atoms with E-state index in [1.54, 1.807) is 19.3 Å². The fourth-order valence-electron chi connectivity index (χ4n) is 1.19. The second kappa shape index (κ2) is 4.48. The predicted molar refractivity (Wildman–Crippen MR) is 57.3 cm³/mol. The van der Waals surface area contributed by atoms with Crippen LogP contribution in [-0.4, -0.2) is 7.11 Å². The normalized spacial score (nSPS) is 9.31. The molecule has 0 aliphatic heterocycles. The molecule has 0 amide bonds. The predicted octanol–water partition coefficient (Wildman–Crippen LogP) is 2.95. The molecule has 0 fully saturated rings. The summed E-state index contributed by atoms with van der Waals surface area (Å²) in [6.07, 6.45) is 3.57. The van der Waals surface area contributed by atoms with Crippen LogP contribution in [0, 0.1) is 0 Å². The van der Waals surface area contributed by atoms with Crippen molar-refractivity contribution in [2.24, 2.45) is 0 Å². The Morgan fingerprint density at radius 3 is 2.62 bits per heavy atom. The van der Waals surface area contributed by atoms with Crippen molar-refractivity contribution in [2.45, 2.75) is 0 Å². The lowest BCUT2D eigenvalue weighted by Gasteiger charge is -2.09. The van der Waals surface area contributed by atoms with Crippen molar-refractivity contribution in [2.75, 3.05) is 12.6 Å². The van der Waals surface area contributed by atoms with Gasteiger partial charge in [-0.1, -0.05) is 37.4 Å². The molecule has 68 valence electrons. The minimum atomic E-state index is 0.898. The van der Waals surface area contributed by atoms with Crippen LogP contribution in [-0.2, 0) is 4.84 Å². The van der Waals surface area contributed by atoms with E-state index in [0.29, 0.717) is 0 Å². The Labute approximate surface area is 78.5 Å². The summed E-state index contributed by atoms with van der Waals surface area (Å²) in [4.78, 5) is 4.84. The van der Waals surface area contributed by atoms with E-state index in [0.717, 1.165) is 16.8 Å². The van der Waals surface area contributed by atoms with Gasteiger partial charge in [0.1, 0.15) is 0 Å². The van der Waals surface area contributed by atoms with Gasteiger partial charge < -0.3 is 0 Å². The summed E-state index contributed by atoms with van der Waals surface area (Å²) in [5, 5.41) is 0. The molecule has 2 heteroatoms. The number of benzene rings is 1. The van der Waals surface area contributed by atoms with E-state index in [1.165, 1.54) is 0 Å². The maximum Gasteiger partial charge on any atom is 0.0682 e. The third kappa shape index (κ3) is 1.98. The first-order valence-electron chi connectivity index (χ1n) is 4.00. The molecule has 1 rings (SSSR count). The first-order valence-corrected chi connectivity index (χ1v) is 4.00. The summed E-state index contributed by atoms with van der Waals surface area (Å²) in [5.41, 5.74) is 5.72. The Morgan fingerprint density at radius 1 is 1.31 bits per heavy atom. The lowest BCUT2D eigenvalue weighted by atomic mass is 10.1. The molecule has 2 nitrogen and oxygen atoms in total. The molecule has 0 radical (unpaired) electrons. The van der Waals surface area contributed by atoms with Gasteiger partial charge in [0.05, 0.1) is 12.8 Å². The molecule has 1 aromatic carbocycles. The molecular formula is C11H13NO. The van der Waals surface area contributed by atoms with Gasteiger partial charge in [-0.3, -0.25) is 10.3 Å². The van der Waals surface area contributed by atoms with E-state index < -0.39 is 0 Å². The summed E-state index contributed by atoms with van der Waals surface area (Å²) < 4.78 is 0. The van der Waals surface area contributed by atoms with Crippen LogP contribution in [0.25, 0.3) is 12.2 Å². The first-order chi connectivity index (χ1) is 6.33. The Morgan fingerprint density at radius 2 is 2.08 bits per heavy atom. The van der Waals surface area contributed by atoms with E-state index in [-0.39, 0.29) is 0 Å². The molecule has 1 N–H and O–H groups in total. The molecule has 0 saturated carbocycles. The lowest BCUT2D eigenvalue weighted by Crippen LogP contribution is -1.98. The SMILES string of the molecule is C=Cc1cccc(NOC)c1C=C. The van der Waals surface area contributed by atoms with Gasteiger partial charge in [0.2, 0.25) is 0 Å². The Balaban J connectivity index is 3.18. The molecular weight excluding hydrogens is 162 g/mol. The summed E-state index contributed by atoms with van der Waals surface area (Å²) in [6, 6.07) is 5.84. The van der Waals surface area contributed by atoms with E-state index in [9.17, 15) is 0 Å². The van der Waals surface area contributed by atoms with Gasteiger partial charge in [-0.2, -0.15) is 0 Å². The zero-order valence-corrected chi connectivity index (χ0v) is 7.71. The van der Waals surface area contributed by atoms with Crippen LogP contribution in [0.15, 0.2) is 31.4 Å². The molecule has 0 atom stereocenters. The first kappa shape index (κ1) is 9.55. The topological polar surface area (TPSA) is 21.3 Å². The molecule has 0 spiro atoms. The van der Waals surface area contributed by atoms with Crippen molar-refractivity contribution in [3.63, 3.8) is 0 Å². The number of nitrogens with one attached hydrogen (secondary N) is 1. The molecule has 0 unspecified atom stereocenters. The molecule has 1 aromatic rings. The summed E-state index contributed by atoms with van der Waals surface area (Å²) in [6.45, 7) is 7.46. The number of hydrogen-bond donors (Lipinski definition) is 1. The van der Waals surface area contributed by atoms with Gasteiger partial charge in [0, 0.05) is 5.56 Å². The minimum Gasteiger partial charge on any atom is -0.279 e. The average Bonchev–Trinajstić information content (AvgIpc) is 2.18. The van der Waals surface area contributed by atoms with Crippen LogP contribution in [0.4, 0.5) is 5.69 Å². The fourth-order valence-corrected chi connectivity index (χ4v) is 1.19. The molecule has 0 aromatic heterocycles. The van der Waals surface area contributed by atoms with Crippen LogP contribution >= 0.6 is 0 Å². The third-order valence-corrected chi connectivity index (χ3v) is 1.78. The van der Waals surface area contributed by atoms with E-state index in [4.69, 9.17) is 4.84 Å². The number of rotatable bonds is 4. The zero-order valence-electron chi connectivity index (χ0n) is 7.71. The second-order valence-corrected chi connectivity index (χ2v) is 2.52. The highest BCUT2D eigenvalue weighted by Crippen LogP contribution is 2.21. The van der Waals surface area contributed by atoms with Crippen LogP contribution < -0.4 is 5.48 Å². The zero-order chi connectivity index (χ0) is 9.68. The average molecular weight is 175 g/mol. The van der Waals surface area contributed by atoms with Crippen molar-refractivity contribution in [3.8, 4) is 0 Å². The van der Waals surface area contributed by atoms with Crippen molar-refractivity contribution in [3.05, 3.63) is 42.5 Å². The number of hydrogen-bond acceptors (Lipinski definition) is 2. The summed E-state index contributed by atoms with van der Waals surface area (Å²) in [7, 11) is 1.58. The van der Waals surface area contributed by atoms with E-state index in [2.05, 4.69) is 18.6 Å². The van der Waals surface area contributed by atoms with Crippen LogP contribution in [0.3, 0.4) is 0 Å². The van der Waals surface area contributed by atoms with Crippen molar-refractivity contribution in [1.82, 2.24) is 0 Å². The Kier molecular flexibility index (Phi) is 3.29. The van der Waals surface area contributed by atoms with Gasteiger partial charge in [-0.05, 0) is 11.6 Å². The highest BCUT2D eigenvalue weighted by atomic mass is 16.6. The molecule has 0 aliphatic carbocycles. The maximum atomic E-state index is 4.84. The molecule has 0 aliphatic rings. The minimum absolute atomic E-state index is 0.898.